The molecule has 1 heterocycles. The highest BCUT2D eigenvalue weighted by atomic mass is 32.1. The second-order valence-corrected chi connectivity index (χ2v) is 9.37. The SMILES string of the molecule is NC(=O)c1c(NC(=O)[C@H]2[C@H]3CC[C@@H](C3)[C@@H]2C(=O)O)sc2c1CCc1ccccc1-2. The molecule has 2 aromatic rings. The molecule has 0 spiro atoms. The summed E-state index contributed by atoms with van der Waals surface area (Å²) in [6.07, 6.45) is 4.08. The molecule has 0 saturated heterocycles. The molecule has 150 valence electrons. The van der Waals surface area contributed by atoms with Gasteiger partial charge in [0.25, 0.3) is 5.91 Å². The van der Waals surface area contributed by atoms with Crippen LogP contribution in [0.3, 0.4) is 0 Å². The molecule has 0 radical (unpaired) electrons. The highest BCUT2D eigenvalue weighted by Crippen LogP contribution is 2.53. The quantitative estimate of drug-likeness (QED) is 0.718. The van der Waals surface area contributed by atoms with E-state index in [9.17, 15) is 19.5 Å². The molecule has 2 saturated carbocycles. The molecular weight excluding hydrogens is 388 g/mol. The number of carbonyl (C=O) groups is 3. The maximum absolute atomic E-state index is 13.1. The van der Waals surface area contributed by atoms with Gasteiger partial charge in [-0.25, -0.2) is 0 Å². The highest BCUT2D eigenvalue weighted by molar-refractivity contribution is 7.20. The Morgan fingerprint density at radius 3 is 2.52 bits per heavy atom. The van der Waals surface area contributed by atoms with Gasteiger partial charge >= 0.3 is 5.97 Å². The standard InChI is InChI=1S/C22H22N2O4S/c23-19(25)17-14-8-7-10-3-1-2-4-13(10)18(14)29-21(17)24-20(26)15-11-5-6-12(9-11)16(15)22(27)28/h1-4,11-12,15-16H,5-9H2,(H2,23,25)(H,24,26)(H,27,28)/t11-,12-,15-,16-/m0/s1. The number of thiophene rings is 1. The predicted molar refractivity (Wildman–Crippen MR) is 110 cm³/mol. The van der Waals surface area contributed by atoms with Crippen molar-refractivity contribution in [3.8, 4) is 10.4 Å². The summed E-state index contributed by atoms with van der Waals surface area (Å²) in [6, 6.07) is 8.06. The van der Waals surface area contributed by atoms with E-state index in [4.69, 9.17) is 5.73 Å². The Morgan fingerprint density at radius 1 is 1.07 bits per heavy atom. The summed E-state index contributed by atoms with van der Waals surface area (Å²) in [7, 11) is 0. The van der Waals surface area contributed by atoms with Crippen LogP contribution in [-0.4, -0.2) is 22.9 Å². The zero-order valence-corrected chi connectivity index (χ0v) is 16.6. The third kappa shape index (κ3) is 2.79. The minimum Gasteiger partial charge on any atom is -0.481 e. The second kappa shape index (κ2) is 6.69. The van der Waals surface area contributed by atoms with E-state index in [1.807, 2.05) is 18.2 Å². The summed E-state index contributed by atoms with van der Waals surface area (Å²) in [5.41, 5.74) is 9.25. The van der Waals surface area contributed by atoms with Gasteiger partial charge in [-0.3, -0.25) is 14.4 Å². The van der Waals surface area contributed by atoms with E-state index in [1.54, 1.807) is 0 Å². The topological polar surface area (TPSA) is 109 Å². The Hall–Kier alpha value is -2.67. The van der Waals surface area contributed by atoms with E-state index >= 15 is 0 Å². The van der Waals surface area contributed by atoms with E-state index < -0.39 is 23.7 Å². The van der Waals surface area contributed by atoms with Gasteiger partial charge in [0, 0.05) is 4.88 Å². The summed E-state index contributed by atoms with van der Waals surface area (Å²) in [5.74, 6) is -2.74. The molecule has 4 atom stereocenters. The van der Waals surface area contributed by atoms with Gasteiger partial charge < -0.3 is 16.2 Å². The van der Waals surface area contributed by atoms with E-state index in [0.717, 1.165) is 41.7 Å². The molecule has 7 heteroatoms. The first-order valence-corrected chi connectivity index (χ1v) is 10.8. The second-order valence-electron chi connectivity index (χ2n) is 8.35. The van der Waals surface area contributed by atoms with Crippen LogP contribution < -0.4 is 11.1 Å². The van der Waals surface area contributed by atoms with Crippen LogP contribution in [0.15, 0.2) is 24.3 Å². The third-order valence-corrected chi connectivity index (χ3v) is 8.08. The number of aliphatic carboxylic acids is 1. The average molecular weight is 410 g/mol. The van der Waals surface area contributed by atoms with Crippen molar-refractivity contribution in [2.75, 3.05) is 5.32 Å². The van der Waals surface area contributed by atoms with Crippen LogP contribution in [0.5, 0.6) is 0 Å². The van der Waals surface area contributed by atoms with E-state index in [0.29, 0.717) is 17.0 Å². The summed E-state index contributed by atoms with van der Waals surface area (Å²) in [6.45, 7) is 0. The van der Waals surface area contributed by atoms with Gasteiger partial charge in [-0.15, -0.1) is 11.3 Å². The van der Waals surface area contributed by atoms with Crippen LogP contribution in [0.25, 0.3) is 10.4 Å². The van der Waals surface area contributed by atoms with Crippen LogP contribution in [0.1, 0.15) is 40.7 Å². The fourth-order valence-electron chi connectivity index (χ4n) is 5.71. The Bertz CT molecular complexity index is 1040. The third-order valence-electron chi connectivity index (χ3n) is 6.90. The molecule has 3 aliphatic carbocycles. The molecule has 1 aromatic carbocycles. The Morgan fingerprint density at radius 2 is 1.79 bits per heavy atom. The number of nitrogens with two attached hydrogens (primary N) is 1. The van der Waals surface area contributed by atoms with Crippen molar-refractivity contribution in [1.82, 2.24) is 0 Å². The number of fused-ring (bicyclic) bond motifs is 5. The number of amides is 2. The van der Waals surface area contributed by atoms with Gasteiger partial charge in [0.15, 0.2) is 0 Å². The average Bonchev–Trinajstić information content (AvgIpc) is 3.39. The molecule has 5 rings (SSSR count). The van der Waals surface area contributed by atoms with Gasteiger partial charge in [-0.05, 0) is 60.6 Å². The lowest BCUT2D eigenvalue weighted by molar-refractivity contribution is -0.148. The largest absolute Gasteiger partial charge is 0.481 e. The Labute approximate surface area is 172 Å². The molecule has 1 aromatic heterocycles. The van der Waals surface area contributed by atoms with Crippen LogP contribution in [0, 0.1) is 23.7 Å². The smallest absolute Gasteiger partial charge is 0.307 e. The number of aryl methyl sites for hydroxylation is 1. The number of carboxylic acids is 1. The number of benzene rings is 1. The van der Waals surface area contributed by atoms with Gasteiger partial charge in [-0.1, -0.05) is 24.3 Å². The van der Waals surface area contributed by atoms with E-state index in [2.05, 4.69) is 11.4 Å². The first kappa shape index (κ1) is 18.4. The summed E-state index contributed by atoms with van der Waals surface area (Å²) < 4.78 is 0. The van der Waals surface area contributed by atoms with Crippen LogP contribution in [-0.2, 0) is 22.4 Å². The zero-order chi connectivity index (χ0) is 20.3. The van der Waals surface area contributed by atoms with Gasteiger partial charge in [0.1, 0.15) is 5.00 Å². The predicted octanol–water partition coefficient (Wildman–Crippen LogP) is 3.30. The van der Waals surface area contributed by atoms with Crippen molar-refractivity contribution in [2.24, 2.45) is 29.4 Å². The van der Waals surface area contributed by atoms with Gasteiger partial charge in [-0.2, -0.15) is 0 Å². The zero-order valence-electron chi connectivity index (χ0n) is 15.8. The Balaban J connectivity index is 1.51. The number of nitrogens with one attached hydrogen (secondary N) is 1. The molecule has 0 unspecified atom stereocenters. The van der Waals surface area contributed by atoms with Gasteiger partial charge in [0.2, 0.25) is 5.91 Å². The number of rotatable bonds is 4. The Kier molecular flexibility index (Phi) is 4.24. The molecule has 4 N–H and O–H groups in total. The molecule has 2 fully saturated rings. The highest BCUT2D eigenvalue weighted by Gasteiger charge is 2.54. The lowest BCUT2D eigenvalue weighted by Crippen LogP contribution is -2.38. The lowest BCUT2D eigenvalue weighted by Gasteiger charge is -2.26. The van der Waals surface area contributed by atoms with Crippen molar-refractivity contribution in [2.45, 2.75) is 32.1 Å². The number of hydrogen-bond donors (Lipinski definition) is 3. The summed E-state index contributed by atoms with van der Waals surface area (Å²) in [4.78, 5) is 38.1. The minimum absolute atomic E-state index is 0.0762. The molecule has 6 nitrogen and oxygen atoms in total. The number of carboxylic acid groups (broad SMARTS) is 1. The van der Waals surface area contributed by atoms with Crippen molar-refractivity contribution in [1.29, 1.82) is 0 Å². The molecule has 2 amide bonds. The number of carbonyl (C=O) groups excluding carboxylic acids is 2. The molecule has 29 heavy (non-hydrogen) atoms. The van der Waals surface area contributed by atoms with E-state index in [-0.39, 0.29) is 17.7 Å². The van der Waals surface area contributed by atoms with E-state index in [1.165, 1.54) is 16.9 Å². The van der Waals surface area contributed by atoms with Crippen LogP contribution in [0.4, 0.5) is 5.00 Å². The lowest BCUT2D eigenvalue weighted by atomic mass is 9.78. The summed E-state index contributed by atoms with van der Waals surface area (Å²) >= 11 is 1.37. The first-order chi connectivity index (χ1) is 14.0. The van der Waals surface area contributed by atoms with Crippen molar-refractivity contribution >= 4 is 34.1 Å². The number of anilines is 1. The molecule has 2 bridgehead atoms. The monoisotopic (exact) mass is 410 g/mol. The summed E-state index contributed by atoms with van der Waals surface area (Å²) in [5, 5.41) is 13.0. The molecular formula is C22H22N2O4S. The van der Waals surface area contributed by atoms with Crippen molar-refractivity contribution < 1.29 is 19.5 Å². The first-order valence-electron chi connectivity index (χ1n) is 10.0. The normalized spacial score (nSPS) is 26.6. The maximum atomic E-state index is 13.1. The fourth-order valence-corrected chi connectivity index (χ4v) is 7.03. The number of hydrogen-bond acceptors (Lipinski definition) is 4. The van der Waals surface area contributed by atoms with Crippen molar-refractivity contribution in [3.63, 3.8) is 0 Å². The van der Waals surface area contributed by atoms with Crippen LogP contribution in [0.2, 0.25) is 0 Å². The molecule has 3 aliphatic rings. The number of primary amides is 1. The maximum Gasteiger partial charge on any atom is 0.307 e. The van der Waals surface area contributed by atoms with Gasteiger partial charge in [0.05, 0.1) is 17.4 Å². The fraction of sp³-hybridized carbons (Fsp3) is 0.409. The minimum atomic E-state index is -0.896. The van der Waals surface area contributed by atoms with Crippen molar-refractivity contribution in [3.05, 3.63) is 41.0 Å². The van der Waals surface area contributed by atoms with Crippen LogP contribution >= 0.6 is 11.3 Å². The molecule has 0 aliphatic heterocycles.